The maximum absolute atomic E-state index is 10.8. The van der Waals surface area contributed by atoms with Crippen molar-refractivity contribution in [2.45, 2.75) is 38.0 Å². The van der Waals surface area contributed by atoms with Crippen LogP contribution in [0.2, 0.25) is 0 Å². The Morgan fingerprint density at radius 1 is 1.56 bits per heavy atom. The number of nitrogens with one attached hydrogen (secondary N) is 1. The molecule has 1 aliphatic rings. The number of pyridine rings is 1. The normalized spacial score (nSPS) is 24.9. The molecule has 5 nitrogen and oxygen atoms in total. The number of rotatable bonds is 5. The van der Waals surface area contributed by atoms with Crippen molar-refractivity contribution in [3.8, 4) is 0 Å². The summed E-state index contributed by atoms with van der Waals surface area (Å²) in [6.07, 6.45) is 4.29. The van der Waals surface area contributed by atoms with Crippen LogP contribution in [0.1, 0.15) is 31.4 Å². The third-order valence-electron chi connectivity index (χ3n) is 3.24. The van der Waals surface area contributed by atoms with Crippen molar-refractivity contribution in [1.29, 1.82) is 0 Å². The summed E-state index contributed by atoms with van der Waals surface area (Å²) in [5, 5.41) is 12.2. The van der Waals surface area contributed by atoms with Crippen LogP contribution >= 0.6 is 0 Å². The number of hydrogen-bond acceptors (Lipinski definition) is 4. The van der Waals surface area contributed by atoms with Gasteiger partial charge in [0.1, 0.15) is 0 Å². The molecule has 0 radical (unpaired) electrons. The van der Waals surface area contributed by atoms with Gasteiger partial charge in [0.05, 0.1) is 6.10 Å². The summed E-state index contributed by atoms with van der Waals surface area (Å²) in [6.45, 7) is 2.74. The number of aromatic nitrogens is 1. The maximum Gasteiger partial charge on any atom is 0.332 e. The first-order chi connectivity index (χ1) is 8.66. The molecular weight excluding hydrogens is 232 g/mol. The van der Waals surface area contributed by atoms with Gasteiger partial charge in [-0.05, 0) is 37.5 Å². The van der Waals surface area contributed by atoms with Crippen molar-refractivity contribution in [1.82, 2.24) is 10.3 Å². The summed E-state index contributed by atoms with van der Waals surface area (Å²) in [4.78, 5) is 14.7. The highest BCUT2D eigenvalue weighted by Crippen LogP contribution is 2.20. The lowest BCUT2D eigenvalue weighted by Gasteiger charge is -2.17. The van der Waals surface area contributed by atoms with Gasteiger partial charge in [0.25, 0.3) is 0 Å². The molecule has 2 N–H and O–H groups in total. The first-order valence-electron chi connectivity index (χ1n) is 6.18. The van der Waals surface area contributed by atoms with E-state index >= 15 is 0 Å². The second-order valence-corrected chi connectivity index (χ2v) is 4.57. The predicted molar refractivity (Wildman–Crippen MR) is 66.2 cm³/mol. The molecule has 1 aromatic heterocycles. The average Bonchev–Trinajstić information content (AvgIpc) is 2.86. The number of nitrogens with zero attached hydrogens (tertiary/aromatic N) is 1. The standard InChI is InChI=1S/C13H18N2O3/c1-9(10-4-6-14-7-5-10)15-8-11-2-3-12(18-11)13(16)17/h4-7,9,11-12,15H,2-3,8H2,1H3,(H,16,17)/t9-,11?,12?/m1/s1. The van der Waals surface area contributed by atoms with Gasteiger partial charge in [-0.1, -0.05) is 0 Å². The zero-order valence-corrected chi connectivity index (χ0v) is 10.4. The molecule has 1 aliphatic heterocycles. The third kappa shape index (κ3) is 3.27. The molecule has 0 spiro atoms. The van der Waals surface area contributed by atoms with E-state index < -0.39 is 12.1 Å². The molecule has 1 saturated heterocycles. The molecule has 0 saturated carbocycles. The monoisotopic (exact) mass is 250 g/mol. The second-order valence-electron chi connectivity index (χ2n) is 4.57. The van der Waals surface area contributed by atoms with Gasteiger partial charge in [0.2, 0.25) is 0 Å². The number of carboxylic acid groups (broad SMARTS) is 1. The van der Waals surface area contributed by atoms with Crippen LogP contribution in [0.5, 0.6) is 0 Å². The lowest BCUT2D eigenvalue weighted by atomic mass is 10.1. The van der Waals surface area contributed by atoms with E-state index in [0.717, 1.165) is 12.0 Å². The Morgan fingerprint density at radius 2 is 2.28 bits per heavy atom. The van der Waals surface area contributed by atoms with Gasteiger partial charge >= 0.3 is 5.97 Å². The molecule has 0 amide bonds. The first kappa shape index (κ1) is 13.0. The van der Waals surface area contributed by atoms with Crippen molar-refractivity contribution < 1.29 is 14.6 Å². The van der Waals surface area contributed by atoms with E-state index in [9.17, 15) is 4.79 Å². The molecule has 0 aliphatic carbocycles. The molecule has 2 heterocycles. The van der Waals surface area contributed by atoms with E-state index in [2.05, 4.69) is 17.2 Å². The molecule has 1 aromatic rings. The summed E-state index contributed by atoms with van der Waals surface area (Å²) in [6, 6.07) is 4.14. The first-order valence-corrected chi connectivity index (χ1v) is 6.18. The van der Waals surface area contributed by atoms with Gasteiger partial charge in [-0.15, -0.1) is 0 Å². The smallest absolute Gasteiger partial charge is 0.332 e. The maximum atomic E-state index is 10.8. The van der Waals surface area contributed by atoms with Crippen LogP contribution in [0.4, 0.5) is 0 Å². The molecule has 1 fully saturated rings. The SMILES string of the molecule is C[C@@H](NCC1CCC(C(=O)O)O1)c1ccncc1. The van der Waals surface area contributed by atoms with Crippen molar-refractivity contribution >= 4 is 5.97 Å². The van der Waals surface area contributed by atoms with Crippen molar-refractivity contribution in [3.63, 3.8) is 0 Å². The Morgan fingerprint density at radius 3 is 2.89 bits per heavy atom. The van der Waals surface area contributed by atoms with Crippen molar-refractivity contribution in [2.75, 3.05) is 6.54 Å². The Labute approximate surface area is 106 Å². The minimum Gasteiger partial charge on any atom is -0.479 e. The fraction of sp³-hybridized carbons (Fsp3) is 0.538. The minimum absolute atomic E-state index is 0.00427. The molecular formula is C13H18N2O3. The van der Waals surface area contributed by atoms with Crippen LogP contribution in [0, 0.1) is 0 Å². The van der Waals surface area contributed by atoms with Crippen LogP contribution in [0.25, 0.3) is 0 Å². The summed E-state index contributed by atoms with van der Waals surface area (Å²) < 4.78 is 5.43. The highest BCUT2D eigenvalue weighted by molar-refractivity contribution is 5.72. The summed E-state index contributed by atoms with van der Waals surface area (Å²) in [5.74, 6) is -0.861. The van der Waals surface area contributed by atoms with E-state index in [-0.39, 0.29) is 12.1 Å². The van der Waals surface area contributed by atoms with E-state index in [1.807, 2.05) is 12.1 Å². The predicted octanol–water partition coefficient (Wildman–Crippen LogP) is 1.36. The molecule has 3 atom stereocenters. The van der Waals surface area contributed by atoms with Crippen LogP contribution in [0.15, 0.2) is 24.5 Å². The van der Waals surface area contributed by atoms with E-state index in [1.54, 1.807) is 12.4 Å². The highest BCUT2D eigenvalue weighted by Gasteiger charge is 2.30. The molecule has 0 bridgehead atoms. The van der Waals surface area contributed by atoms with Gasteiger partial charge in [0.15, 0.2) is 6.10 Å². The van der Waals surface area contributed by atoms with Gasteiger partial charge in [-0.3, -0.25) is 4.98 Å². The van der Waals surface area contributed by atoms with E-state index in [4.69, 9.17) is 9.84 Å². The number of carbonyl (C=O) groups is 1. The lowest BCUT2D eigenvalue weighted by molar-refractivity contribution is -0.149. The van der Waals surface area contributed by atoms with E-state index in [1.165, 1.54) is 0 Å². The number of aliphatic carboxylic acids is 1. The Kier molecular flexibility index (Phi) is 4.28. The van der Waals surface area contributed by atoms with Crippen molar-refractivity contribution in [3.05, 3.63) is 30.1 Å². The number of hydrogen-bond donors (Lipinski definition) is 2. The Hall–Kier alpha value is -1.46. The lowest BCUT2D eigenvalue weighted by Crippen LogP contribution is -2.30. The minimum atomic E-state index is -0.861. The van der Waals surface area contributed by atoms with Crippen LogP contribution in [-0.2, 0) is 9.53 Å². The summed E-state index contributed by atoms with van der Waals surface area (Å²) in [5.41, 5.74) is 1.16. The van der Waals surface area contributed by atoms with E-state index in [0.29, 0.717) is 13.0 Å². The van der Waals surface area contributed by atoms with Crippen LogP contribution in [-0.4, -0.2) is 34.8 Å². The van der Waals surface area contributed by atoms with Gasteiger partial charge in [-0.2, -0.15) is 0 Å². The quantitative estimate of drug-likeness (QED) is 0.825. The second kappa shape index (κ2) is 5.93. The molecule has 2 unspecified atom stereocenters. The molecule has 2 rings (SSSR count). The number of ether oxygens (including phenoxy) is 1. The highest BCUT2D eigenvalue weighted by atomic mass is 16.5. The average molecular weight is 250 g/mol. The molecule has 5 heteroatoms. The topological polar surface area (TPSA) is 71.5 Å². The van der Waals surface area contributed by atoms with Crippen LogP contribution < -0.4 is 5.32 Å². The Bertz CT molecular complexity index is 396. The summed E-state index contributed by atoms with van der Waals surface area (Å²) >= 11 is 0. The molecule has 0 aromatic carbocycles. The van der Waals surface area contributed by atoms with Crippen molar-refractivity contribution in [2.24, 2.45) is 0 Å². The zero-order valence-electron chi connectivity index (χ0n) is 10.4. The van der Waals surface area contributed by atoms with Crippen LogP contribution in [0.3, 0.4) is 0 Å². The van der Waals surface area contributed by atoms with Gasteiger partial charge in [0, 0.05) is 25.0 Å². The fourth-order valence-electron chi connectivity index (χ4n) is 2.12. The molecule has 18 heavy (non-hydrogen) atoms. The van der Waals surface area contributed by atoms with Gasteiger partial charge in [-0.25, -0.2) is 4.79 Å². The Balaban J connectivity index is 1.77. The zero-order chi connectivity index (χ0) is 13.0. The molecule has 98 valence electrons. The largest absolute Gasteiger partial charge is 0.479 e. The number of carboxylic acids is 1. The third-order valence-corrected chi connectivity index (χ3v) is 3.24. The summed E-state index contributed by atoms with van der Waals surface area (Å²) in [7, 11) is 0. The fourth-order valence-corrected chi connectivity index (χ4v) is 2.12. The van der Waals surface area contributed by atoms with Gasteiger partial charge < -0.3 is 15.2 Å².